The Balaban J connectivity index is 1.99. The first-order chi connectivity index (χ1) is 9.28. The largest absolute Gasteiger partial charge is 0.392 e. The van der Waals surface area contributed by atoms with Crippen LogP contribution in [-0.2, 0) is 11.4 Å². The Morgan fingerprint density at radius 3 is 2.63 bits per heavy atom. The Morgan fingerprint density at radius 1 is 1.11 bits per heavy atom. The van der Waals surface area contributed by atoms with Crippen LogP contribution in [0.1, 0.15) is 11.1 Å². The maximum atomic E-state index is 11.7. The van der Waals surface area contributed by atoms with Crippen molar-refractivity contribution < 1.29 is 9.90 Å². The van der Waals surface area contributed by atoms with Crippen molar-refractivity contribution in [3.05, 3.63) is 71.8 Å². The number of aliphatic hydroxyl groups is 1. The summed E-state index contributed by atoms with van der Waals surface area (Å²) >= 11 is 0. The average molecular weight is 253 g/mol. The van der Waals surface area contributed by atoms with Crippen molar-refractivity contribution in [1.29, 1.82) is 0 Å². The van der Waals surface area contributed by atoms with E-state index in [1.807, 2.05) is 30.3 Å². The Labute approximate surface area is 112 Å². The van der Waals surface area contributed by atoms with Gasteiger partial charge in [-0.1, -0.05) is 42.5 Å². The van der Waals surface area contributed by atoms with Gasteiger partial charge in [-0.3, -0.25) is 4.79 Å². The fourth-order valence-corrected chi connectivity index (χ4v) is 1.67. The molecule has 3 heteroatoms. The van der Waals surface area contributed by atoms with E-state index in [0.29, 0.717) is 5.69 Å². The van der Waals surface area contributed by atoms with Crippen molar-refractivity contribution in [2.45, 2.75) is 6.61 Å². The molecular weight excluding hydrogens is 238 g/mol. The number of carbonyl (C=O) groups excluding carboxylic acids is 1. The van der Waals surface area contributed by atoms with Gasteiger partial charge in [0.05, 0.1) is 6.61 Å². The van der Waals surface area contributed by atoms with Gasteiger partial charge in [0.15, 0.2) is 0 Å². The molecule has 0 bridgehead atoms. The van der Waals surface area contributed by atoms with Crippen LogP contribution in [0.2, 0.25) is 0 Å². The quantitative estimate of drug-likeness (QED) is 0.823. The summed E-state index contributed by atoms with van der Waals surface area (Å²) < 4.78 is 0. The van der Waals surface area contributed by atoms with Gasteiger partial charge in [0.25, 0.3) is 0 Å². The van der Waals surface area contributed by atoms with Gasteiger partial charge >= 0.3 is 0 Å². The van der Waals surface area contributed by atoms with Gasteiger partial charge in [-0.2, -0.15) is 0 Å². The zero-order valence-electron chi connectivity index (χ0n) is 10.4. The second kappa shape index (κ2) is 6.52. The zero-order chi connectivity index (χ0) is 13.5. The summed E-state index contributed by atoms with van der Waals surface area (Å²) in [7, 11) is 0. The van der Waals surface area contributed by atoms with Gasteiger partial charge in [0, 0.05) is 11.8 Å². The third-order valence-corrected chi connectivity index (χ3v) is 2.60. The Bertz CT molecular complexity index is 576. The fourth-order valence-electron chi connectivity index (χ4n) is 1.67. The molecule has 0 aliphatic carbocycles. The Hall–Kier alpha value is -2.39. The van der Waals surface area contributed by atoms with Crippen LogP contribution in [0.5, 0.6) is 0 Å². The molecule has 0 radical (unpaired) electrons. The predicted octanol–water partition coefficient (Wildman–Crippen LogP) is 2.83. The molecule has 1 amide bonds. The maximum absolute atomic E-state index is 11.7. The number of aliphatic hydroxyl groups excluding tert-OH is 1. The van der Waals surface area contributed by atoms with Gasteiger partial charge in [0.2, 0.25) is 5.91 Å². The molecule has 0 spiro atoms. The van der Waals surface area contributed by atoms with Gasteiger partial charge in [-0.25, -0.2) is 0 Å². The third-order valence-electron chi connectivity index (χ3n) is 2.60. The first-order valence-electron chi connectivity index (χ1n) is 6.02. The lowest BCUT2D eigenvalue weighted by Gasteiger charge is -2.03. The van der Waals surface area contributed by atoms with E-state index in [0.717, 1.165) is 11.1 Å². The second-order valence-electron chi connectivity index (χ2n) is 4.09. The number of anilines is 1. The normalized spacial score (nSPS) is 10.6. The van der Waals surface area contributed by atoms with Crippen molar-refractivity contribution >= 4 is 17.7 Å². The van der Waals surface area contributed by atoms with E-state index in [9.17, 15) is 4.79 Å². The topological polar surface area (TPSA) is 49.3 Å². The van der Waals surface area contributed by atoms with Gasteiger partial charge < -0.3 is 10.4 Å². The van der Waals surface area contributed by atoms with E-state index in [-0.39, 0.29) is 12.5 Å². The van der Waals surface area contributed by atoms with Crippen LogP contribution in [0.3, 0.4) is 0 Å². The summed E-state index contributed by atoms with van der Waals surface area (Å²) in [5, 5.41) is 11.8. The van der Waals surface area contributed by atoms with E-state index in [4.69, 9.17) is 5.11 Å². The number of nitrogens with one attached hydrogen (secondary N) is 1. The molecule has 2 aromatic carbocycles. The highest BCUT2D eigenvalue weighted by Gasteiger charge is 1.98. The number of rotatable bonds is 4. The summed E-state index contributed by atoms with van der Waals surface area (Å²) in [5.74, 6) is -0.195. The SMILES string of the molecule is O=C(/C=C/c1ccccc1)Nc1cccc(CO)c1. The lowest BCUT2D eigenvalue weighted by atomic mass is 10.2. The third kappa shape index (κ3) is 4.08. The molecule has 0 aromatic heterocycles. The first-order valence-corrected chi connectivity index (χ1v) is 6.02. The van der Waals surface area contributed by atoms with Crippen LogP contribution in [0.15, 0.2) is 60.7 Å². The number of hydrogen-bond acceptors (Lipinski definition) is 2. The van der Waals surface area contributed by atoms with Crippen molar-refractivity contribution in [3.8, 4) is 0 Å². The lowest BCUT2D eigenvalue weighted by molar-refractivity contribution is -0.111. The fraction of sp³-hybridized carbons (Fsp3) is 0.0625. The van der Waals surface area contributed by atoms with E-state index < -0.39 is 0 Å². The van der Waals surface area contributed by atoms with Gasteiger partial charge in [-0.05, 0) is 29.3 Å². The summed E-state index contributed by atoms with van der Waals surface area (Å²) in [4.78, 5) is 11.7. The Kier molecular flexibility index (Phi) is 4.48. The van der Waals surface area contributed by atoms with E-state index in [1.54, 1.807) is 30.3 Å². The number of hydrogen-bond donors (Lipinski definition) is 2. The number of carbonyl (C=O) groups is 1. The minimum atomic E-state index is -0.195. The first kappa shape index (κ1) is 13.1. The minimum absolute atomic E-state index is 0.0381. The van der Waals surface area contributed by atoms with Crippen LogP contribution in [0.4, 0.5) is 5.69 Å². The highest BCUT2D eigenvalue weighted by atomic mass is 16.3. The highest BCUT2D eigenvalue weighted by Crippen LogP contribution is 2.10. The molecular formula is C16H15NO2. The van der Waals surface area contributed by atoms with Gasteiger partial charge in [-0.15, -0.1) is 0 Å². The number of amides is 1. The smallest absolute Gasteiger partial charge is 0.248 e. The van der Waals surface area contributed by atoms with E-state index in [1.165, 1.54) is 6.08 Å². The molecule has 2 aromatic rings. The molecule has 0 saturated carbocycles. The molecule has 0 unspecified atom stereocenters. The summed E-state index contributed by atoms with van der Waals surface area (Å²) in [6.45, 7) is -0.0381. The van der Waals surface area contributed by atoms with Gasteiger partial charge in [0.1, 0.15) is 0 Å². The summed E-state index contributed by atoms with van der Waals surface area (Å²) in [5.41, 5.74) is 2.42. The van der Waals surface area contributed by atoms with Crippen LogP contribution in [0, 0.1) is 0 Å². The molecule has 0 saturated heterocycles. The van der Waals surface area contributed by atoms with Crippen LogP contribution in [-0.4, -0.2) is 11.0 Å². The molecule has 0 atom stereocenters. The minimum Gasteiger partial charge on any atom is -0.392 e. The van der Waals surface area contributed by atoms with Crippen molar-refractivity contribution in [2.24, 2.45) is 0 Å². The van der Waals surface area contributed by atoms with Crippen molar-refractivity contribution in [1.82, 2.24) is 0 Å². The molecule has 3 nitrogen and oxygen atoms in total. The second-order valence-corrected chi connectivity index (χ2v) is 4.09. The molecule has 0 heterocycles. The van der Waals surface area contributed by atoms with Crippen LogP contribution in [0.25, 0.3) is 6.08 Å². The lowest BCUT2D eigenvalue weighted by Crippen LogP contribution is -2.07. The maximum Gasteiger partial charge on any atom is 0.248 e. The molecule has 2 rings (SSSR count). The van der Waals surface area contributed by atoms with E-state index in [2.05, 4.69) is 5.32 Å². The van der Waals surface area contributed by atoms with Crippen LogP contribution < -0.4 is 5.32 Å². The monoisotopic (exact) mass is 253 g/mol. The molecule has 2 N–H and O–H groups in total. The van der Waals surface area contributed by atoms with E-state index >= 15 is 0 Å². The highest BCUT2D eigenvalue weighted by molar-refractivity contribution is 6.01. The molecule has 0 aliphatic rings. The molecule has 0 aliphatic heterocycles. The molecule has 19 heavy (non-hydrogen) atoms. The number of benzene rings is 2. The molecule has 0 fully saturated rings. The predicted molar refractivity (Wildman–Crippen MR) is 76.5 cm³/mol. The zero-order valence-corrected chi connectivity index (χ0v) is 10.4. The Morgan fingerprint density at radius 2 is 1.89 bits per heavy atom. The average Bonchev–Trinajstić information content (AvgIpc) is 2.46. The summed E-state index contributed by atoms with van der Waals surface area (Å²) in [6.07, 6.45) is 3.24. The van der Waals surface area contributed by atoms with Crippen molar-refractivity contribution in [2.75, 3.05) is 5.32 Å². The summed E-state index contributed by atoms with van der Waals surface area (Å²) in [6, 6.07) is 16.7. The molecule has 96 valence electrons. The standard InChI is InChI=1S/C16H15NO2/c18-12-14-7-4-8-15(11-14)17-16(19)10-9-13-5-2-1-3-6-13/h1-11,18H,12H2,(H,17,19)/b10-9+. The van der Waals surface area contributed by atoms with Crippen molar-refractivity contribution in [3.63, 3.8) is 0 Å². The van der Waals surface area contributed by atoms with Crippen LogP contribution >= 0.6 is 0 Å².